The van der Waals surface area contributed by atoms with E-state index in [-0.39, 0.29) is 0 Å². The maximum atomic E-state index is 5.12. The molecule has 0 aliphatic heterocycles. The Balaban J connectivity index is 2.30. The fourth-order valence-corrected chi connectivity index (χ4v) is 1.09. The normalized spacial score (nSPS) is 9.75. The summed E-state index contributed by atoms with van der Waals surface area (Å²) in [5.74, 6) is 0.751. The first-order chi connectivity index (χ1) is 5.84. The highest BCUT2D eigenvalue weighted by atomic mass is 32.1. The van der Waals surface area contributed by atoms with Gasteiger partial charge < -0.3 is 9.73 Å². The van der Waals surface area contributed by atoms with E-state index in [9.17, 15) is 0 Å². The van der Waals surface area contributed by atoms with Crippen LogP contribution in [0.1, 0.15) is 25.5 Å². The molecule has 1 rings (SSSR count). The topological polar surface area (TPSA) is 25.2 Å². The van der Waals surface area contributed by atoms with E-state index in [1.54, 1.807) is 6.26 Å². The molecule has 3 heteroatoms. The molecule has 2 nitrogen and oxygen atoms in total. The lowest BCUT2D eigenvalue weighted by Crippen LogP contribution is -2.22. The van der Waals surface area contributed by atoms with E-state index in [4.69, 9.17) is 16.6 Å². The molecule has 0 radical (unpaired) electrons. The summed E-state index contributed by atoms with van der Waals surface area (Å²) >= 11 is 5.08. The zero-order valence-corrected chi connectivity index (χ0v) is 7.99. The molecule has 0 fully saturated rings. The average molecular weight is 183 g/mol. The third-order valence-electron chi connectivity index (χ3n) is 1.56. The first kappa shape index (κ1) is 9.26. The van der Waals surface area contributed by atoms with E-state index < -0.39 is 0 Å². The van der Waals surface area contributed by atoms with Crippen LogP contribution in [0.25, 0.3) is 0 Å². The highest BCUT2D eigenvalue weighted by Gasteiger charge is 2.00. The van der Waals surface area contributed by atoms with Crippen LogP contribution in [-0.4, -0.2) is 11.5 Å². The SMILES string of the molecule is CCCCNC(=S)c1ccco1. The van der Waals surface area contributed by atoms with Gasteiger partial charge in [-0.2, -0.15) is 0 Å². The van der Waals surface area contributed by atoms with Gasteiger partial charge in [-0.25, -0.2) is 0 Å². The number of unbranched alkanes of at least 4 members (excludes halogenated alkanes) is 1. The van der Waals surface area contributed by atoms with Crippen LogP contribution in [0, 0.1) is 0 Å². The molecule has 1 heterocycles. The summed E-state index contributed by atoms with van der Waals surface area (Å²) in [4.78, 5) is 0.702. The predicted molar refractivity (Wildman–Crippen MR) is 53.3 cm³/mol. The maximum absolute atomic E-state index is 5.12. The average Bonchev–Trinajstić information content (AvgIpc) is 2.56. The summed E-state index contributed by atoms with van der Waals surface area (Å²) in [6.45, 7) is 3.08. The molecule has 0 spiro atoms. The molecule has 0 bridgehead atoms. The van der Waals surface area contributed by atoms with Gasteiger partial charge in [0.2, 0.25) is 0 Å². The van der Waals surface area contributed by atoms with Gasteiger partial charge in [-0.3, -0.25) is 0 Å². The van der Waals surface area contributed by atoms with Gasteiger partial charge in [0.15, 0.2) is 5.76 Å². The van der Waals surface area contributed by atoms with Crippen molar-refractivity contribution < 1.29 is 4.42 Å². The van der Waals surface area contributed by atoms with Gasteiger partial charge in [0.05, 0.1) is 6.26 Å². The Labute approximate surface area is 78.0 Å². The van der Waals surface area contributed by atoms with Crippen LogP contribution in [0.4, 0.5) is 0 Å². The number of furan rings is 1. The van der Waals surface area contributed by atoms with E-state index in [1.807, 2.05) is 12.1 Å². The van der Waals surface area contributed by atoms with Gasteiger partial charge in [0.1, 0.15) is 4.99 Å². The molecule has 1 aromatic rings. The van der Waals surface area contributed by atoms with Crippen molar-refractivity contribution >= 4 is 17.2 Å². The van der Waals surface area contributed by atoms with E-state index in [0.717, 1.165) is 18.7 Å². The van der Waals surface area contributed by atoms with Gasteiger partial charge in [-0.1, -0.05) is 25.6 Å². The Bertz CT molecular complexity index is 231. The first-order valence-corrected chi connectivity index (χ1v) is 4.57. The minimum atomic E-state index is 0.702. The monoisotopic (exact) mass is 183 g/mol. The molecule has 0 saturated carbocycles. The summed E-state index contributed by atoms with van der Waals surface area (Å²) < 4.78 is 5.12. The highest BCUT2D eigenvalue weighted by molar-refractivity contribution is 7.80. The molecule has 66 valence electrons. The number of hydrogen-bond acceptors (Lipinski definition) is 2. The quantitative estimate of drug-likeness (QED) is 0.573. The Morgan fingerprint density at radius 2 is 2.50 bits per heavy atom. The summed E-state index contributed by atoms with van der Waals surface area (Å²) in [7, 11) is 0. The molecule has 0 aromatic carbocycles. The molecule has 0 amide bonds. The van der Waals surface area contributed by atoms with Crippen LogP contribution in [0.5, 0.6) is 0 Å². The van der Waals surface area contributed by atoms with Crippen molar-refractivity contribution in [2.24, 2.45) is 0 Å². The lowest BCUT2D eigenvalue weighted by molar-refractivity contribution is 0.555. The van der Waals surface area contributed by atoms with Crippen LogP contribution < -0.4 is 5.32 Å². The smallest absolute Gasteiger partial charge is 0.160 e. The predicted octanol–water partition coefficient (Wildman–Crippen LogP) is 2.34. The van der Waals surface area contributed by atoms with Gasteiger partial charge in [-0.05, 0) is 18.6 Å². The van der Waals surface area contributed by atoms with Crippen LogP contribution >= 0.6 is 12.2 Å². The summed E-state index contributed by atoms with van der Waals surface area (Å²) in [5, 5.41) is 3.12. The molecule has 0 aliphatic rings. The van der Waals surface area contributed by atoms with Crippen molar-refractivity contribution in [2.75, 3.05) is 6.54 Å². The highest BCUT2D eigenvalue weighted by Crippen LogP contribution is 2.00. The fraction of sp³-hybridized carbons (Fsp3) is 0.444. The van der Waals surface area contributed by atoms with Crippen molar-refractivity contribution in [1.29, 1.82) is 0 Å². The summed E-state index contributed by atoms with van der Waals surface area (Å²) in [5.41, 5.74) is 0. The number of nitrogens with one attached hydrogen (secondary N) is 1. The third kappa shape index (κ3) is 2.66. The fourth-order valence-electron chi connectivity index (χ4n) is 0.874. The van der Waals surface area contributed by atoms with Gasteiger partial charge in [-0.15, -0.1) is 0 Å². The lowest BCUT2D eigenvalue weighted by atomic mass is 10.3. The molecule has 0 atom stereocenters. The van der Waals surface area contributed by atoms with Crippen molar-refractivity contribution in [3.05, 3.63) is 24.2 Å². The lowest BCUT2D eigenvalue weighted by Gasteiger charge is -2.03. The van der Waals surface area contributed by atoms with E-state index >= 15 is 0 Å². The second-order valence-corrected chi connectivity index (χ2v) is 3.00. The summed E-state index contributed by atoms with van der Waals surface area (Å²) in [6.07, 6.45) is 3.94. The molecule has 0 unspecified atom stereocenters. The van der Waals surface area contributed by atoms with Crippen molar-refractivity contribution in [2.45, 2.75) is 19.8 Å². The van der Waals surface area contributed by atoms with Crippen LogP contribution in [0.2, 0.25) is 0 Å². The van der Waals surface area contributed by atoms with Crippen LogP contribution in [0.3, 0.4) is 0 Å². The molecular weight excluding hydrogens is 170 g/mol. The molecule has 12 heavy (non-hydrogen) atoms. The van der Waals surface area contributed by atoms with E-state index in [1.165, 1.54) is 6.42 Å². The third-order valence-corrected chi connectivity index (χ3v) is 1.91. The first-order valence-electron chi connectivity index (χ1n) is 4.16. The standard InChI is InChI=1S/C9H13NOS/c1-2-3-6-10-9(12)8-5-4-7-11-8/h4-5,7H,2-3,6H2,1H3,(H,10,12). The van der Waals surface area contributed by atoms with E-state index in [2.05, 4.69) is 12.2 Å². The Kier molecular flexibility index (Phi) is 3.80. The van der Waals surface area contributed by atoms with Crippen LogP contribution in [0.15, 0.2) is 22.8 Å². The number of thiocarbonyl (C=S) groups is 1. The van der Waals surface area contributed by atoms with Crippen molar-refractivity contribution in [3.8, 4) is 0 Å². The Hall–Kier alpha value is -0.830. The zero-order chi connectivity index (χ0) is 8.81. The van der Waals surface area contributed by atoms with Crippen molar-refractivity contribution in [1.82, 2.24) is 5.32 Å². The minimum absolute atomic E-state index is 0.702. The number of hydrogen-bond donors (Lipinski definition) is 1. The molecule has 0 aliphatic carbocycles. The second kappa shape index (κ2) is 4.93. The molecule has 1 aromatic heterocycles. The van der Waals surface area contributed by atoms with Gasteiger partial charge in [0.25, 0.3) is 0 Å². The largest absolute Gasteiger partial charge is 0.462 e. The summed E-state index contributed by atoms with van der Waals surface area (Å²) in [6, 6.07) is 3.70. The van der Waals surface area contributed by atoms with E-state index in [0.29, 0.717) is 4.99 Å². The Morgan fingerprint density at radius 1 is 1.67 bits per heavy atom. The zero-order valence-electron chi connectivity index (χ0n) is 7.17. The van der Waals surface area contributed by atoms with Gasteiger partial charge in [0, 0.05) is 6.54 Å². The maximum Gasteiger partial charge on any atom is 0.160 e. The number of rotatable bonds is 4. The second-order valence-electron chi connectivity index (χ2n) is 2.59. The Morgan fingerprint density at radius 3 is 3.08 bits per heavy atom. The molecule has 1 N–H and O–H groups in total. The molecular formula is C9H13NOS. The van der Waals surface area contributed by atoms with Gasteiger partial charge >= 0.3 is 0 Å². The van der Waals surface area contributed by atoms with Crippen LogP contribution in [-0.2, 0) is 0 Å². The minimum Gasteiger partial charge on any atom is -0.462 e. The van der Waals surface area contributed by atoms with Crippen molar-refractivity contribution in [3.63, 3.8) is 0 Å². The molecule has 0 saturated heterocycles.